The third-order valence-corrected chi connectivity index (χ3v) is 6.64. The molecule has 7 nitrogen and oxygen atoms in total. The molecule has 0 spiro atoms. The molecule has 1 amide bonds. The minimum absolute atomic E-state index is 0.0183. The Hall–Kier alpha value is -3.07. The van der Waals surface area contributed by atoms with E-state index in [1.165, 1.54) is 5.56 Å². The Morgan fingerprint density at radius 1 is 1.28 bits per heavy atom. The molecule has 2 aromatic heterocycles. The van der Waals surface area contributed by atoms with Gasteiger partial charge in [-0.1, -0.05) is 37.3 Å². The lowest BCUT2D eigenvalue weighted by Crippen LogP contribution is -2.47. The van der Waals surface area contributed by atoms with E-state index in [0.717, 1.165) is 30.8 Å². The Labute approximate surface area is 184 Å². The predicted molar refractivity (Wildman–Crippen MR) is 117 cm³/mol. The fourth-order valence-electron chi connectivity index (χ4n) is 4.69. The van der Waals surface area contributed by atoms with Gasteiger partial charge >= 0.3 is 0 Å². The number of nitrogens with zero attached hydrogens (tertiary/aromatic N) is 4. The van der Waals surface area contributed by atoms with Crippen molar-refractivity contribution < 1.29 is 13.6 Å². The summed E-state index contributed by atoms with van der Waals surface area (Å²) in [7, 11) is 0. The number of alkyl halides is 2. The van der Waals surface area contributed by atoms with Crippen molar-refractivity contribution in [1.82, 2.24) is 25.2 Å². The molecule has 1 unspecified atom stereocenters. The number of halogens is 2. The van der Waals surface area contributed by atoms with Crippen LogP contribution in [0.1, 0.15) is 35.1 Å². The number of aromatic nitrogens is 3. The number of nitrogens with one attached hydrogen (secondary N) is 2. The summed E-state index contributed by atoms with van der Waals surface area (Å²) in [4.78, 5) is 19.1. The number of anilines is 1. The van der Waals surface area contributed by atoms with Crippen molar-refractivity contribution in [3.8, 4) is 0 Å². The van der Waals surface area contributed by atoms with E-state index < -0.39 is 24.4 Å². The van der Waals surface area contributed by atoms with Crippen LogP contribution in [0.15, 0.2) is 42.6 Å². The zero-order chi connectivity index (χ0) is 22.5. The average molecular weight is 440 g/mol. The topological polar surface area (TPSA) is 74.6 Å². The first-order valence-corrected chi connectivity index (χ1v) is 10.8. The largest absolute Gasteiger partial charge is 0.369 e. The monoisotopic (exact) mass is 440 g/mol. The van der Waals surface area contributed by atoms with Crippen LogP contribution in [0.2, 0.25) is 0 Å². The van der Waals surface area contributed by atoms with Gasteiger partial charge < -0.3 is 15.5 Å². The molecule has 32 heavy (non-hydrogen) atoms. The van der Waals surface area contributed by atoms with Crippen molar-refractivity contribution in [3.05, 3.63) is 59.5 Å². The molecule has 2 atom stereocenters. The highest BCUT2D eigenvalue weighted by atomic mass is 19.3. The van der Waals surface area contributed by atoms with Gasteiger partial charge in [0.2, 0.25) is 5.82 Å². The summed E-state index contributed by atoms with van der Waals surface area (Å²) in [5, 5.41) is 9.25. The van der Waals surface area contributed by atoms with Gasteiger partial charge in [-0.2, -0.15) is 0 Å². The van der Waals surface area contributed by atoms with Crippen LogP contribution in [0.3, 0.4) is 0 Å². The van der Waals surface area contributed by atoms with E-state index in [-0.39, 0.29) is 17.8 Å². The van der Waals surface area contributed by atoms with Gasteiger partial charge in [0.15, 0.2) is 5.65 Å². The quantitative estimate of drug-likeness (QED) is 0.652. The number of aryl methyl sites for hydroxylation is 1. The number of pyridine rings is 1. The number of carbonyl (C=O) groups is 1. The van der Waals surface area contributed by atoms with Gasteiger partial charge in [-0.15, -0.1) is 5.10 Å². The molecule has 9 heteroatoms. The maximum absolute atomic E-state index is 13.8. The van der Waals surface area contributed by atoms with Gasteiger partial charge in [0, 0.05) is 25.0 Å². The summed E-state index contributed by atoms with van der Waals surface area (Å²) in [5.41, 5.74) is 3.78. The van der Waals surface area contributed by atoms with Crippen LogP contribution in [-0.4, -0.2) is 58.6 Å². The van der Waals surface area contributed by atoms with Crippen LogP contribution in [0.25, 0.3) is 5.65 Å². The van der Waals surface area contributed by atoms with Crippen LogP contribution in [-0.2, 0) is 5.41 Å². The fraction of sp³-hybridized carbons (Fsp3) is 0.435. The highest BCUT2D eigenvalue weighted by Gasteiger charge is 2.45. The number of amides is 1. The molecule has 1 aromatic carbocycles. The van der Waals surface area contributed by atoms with Crippen molar-refractivity contribution in [2.45, 2.75) is 37.6 Å². The van der Waals surface area contributed by atoms with Crippen molar-refractivity contribution in [2.75, 3.05) is 31.1 Å². The predicted octanol–water partition coefficient (Wildman–Crippen LogP) is 2.54. The summed E-state index contributed by atoms with van der Waals surface area (Å²) >= 11 is 0. The lowest BCUT2D eigenvalue weighted by molar-refractivity contribution is -0.00258. The Morgan fingerprint density at radius 3 is 2.78 bits per heavy atom. The third kappa shape index (κ3) is 3.60. The number of fused-ring (bicyclic) bond motifs is 1. The Bertz CT molecular complexity index is 1160. The summed E-state index contributed by atoms with van der Waals surface area (Å²) in [6.07, 6.45) is 2.89. The van der Waals surface area contributed by atoms with Crippen LogP contribution < -0.4 is 15.5 Å². The minimum Gasteiger partial charge on any atom is -0.369 e. The second-order valence-corrected chi connectivity index (χ2v) is 9.10. The first-order chi connectivity index (χ1) is 15.2. The number of benzene rings is 1. The van der Waals surface area contributed by atoms with Crippen molar-refractivity contribution in [3.63, 3.8) is 0 Å². The van der Waals surface area contributed by atoms with Crippen LogP contribution in [0.5, 0.6) is 0 Å². The average Bonchev–Trinajstić information content (AvgIpc) is 3.46. The van der Waals surface area contributed by atoms with Crippen molar-refractivity contribution in [1.29, 1.82) is 0 Å². The van der Waals surface area contributed by atoms with E-state index in [9.17, 15) is 13.6 Å². The van der Waals surface area contributed by atoms with E-state index in [4.69, 9.17) is 0 Å². The summed E-state index contributed by atoms with van der Waals surface area (Å²) in [6, 6.07) is 11.3. The number of hydrogen-bond donors (Lipinski definition) is 2. The maximum Gasteiger partial charge on any atom is 0.291 e. The molecule has 2 saturated heterocycles. The summed E-state index contributed by atoms with van der Waals surface area (Å²) in [5.74, 6) is -3.79. The third-order valence-electron chi connectivity index (χ3n) is 6.64. The van der Waals surface area contributed by atoms with Gasteiger partial charge in [-0.3, -0.25) is 4.79 Å². The van der Waals surface area contributed by atoms with Crippen molar-refractivity contribution >= 4 is 17.2 Å². The maximum atomic E-state index is 13.8. The standard InChI is InChI=1S/C23H26F2N6O/c1-15-10-17(30-9-8-22(2,14-30)16-6-4-3-5-7-16)12-31-20(15)28-19(29-31)21(32)27-18-11-26-13-23(18,24)25/h3-7,10,12,18,26H,8-9,11,13-14H2,1-2H3,(H,27,32)/t18?,22-/m0/s1. The van der Waals surface area contributed by atoms with Crippen LogP contribution >= 0.6 is 0 Å². The second-order valence-electron chi connectivity index (χ2n) is 9.10. The SMILES string of the molecule is Cc1cc(N2CC[C@](C)(c3ccccc3)C2)cn2nc(C(=O)NC3CNCC3(F)F)nc12. The molecule has 0 aliphatic carbocycles. The lowest BCUT2D eigenvalue weighted by atomic mass is 9.82. The zero-order valence-corrected chi connectivity index (χ0v) is 18.1. The Balaban J connectivity index is 1.38. The Kier molecular flexibility index (Phi) is 4.88. The van der Waals surface area contributed by atoms with Crippen LogP contribution in [0, 0.1) is 6.92 Å². The zero-order valence-electron chi connectivity index (χ0n) is 18.1. The first kappa shape index (κ1) is 20.8. The van der Waals surface area contributed by atoms with Gasteiger partial charge in [0.25, 0.3) is 11.8 Å². The van der Waals surface area contributed by atoms with E-state index in [1.807, 2.05) is 25.3 Å². The van der Waals surface area contributed by atoms with Crippen molar-refractivity contribution in [2.24, 2.45) is 0 Å². The smallest absolute Gasteiger partial charge is 0.291 e. The second kappa shape index (κ2) is 7.51. The molecule has 4 heterocycles. The number of hydrogen-bond acceptors (Lipinski definition) is 5. The van der Waals surface area contributed by atoms with Gasteiger partial charge in [0.05, 0.1) is 18.4 Å². The Morgan fingerprint density at radius 2 is 2.06 bits per heavy atom. The number of rotatable bonds is 4. The van der Waals surface area contributed by atoms with Gasteiger partial charge in [-0.25, -0.2) is 18.3 Å². The summed E-state index contributed by atoms with van der Waals surface area (Å²) < 4.78 is 29.2. The molecular formula is C23H26F2N6O. The van der Waals surface area contributed by atoms with Gasteiger partial charge in [0.1, 0.15) is 6.04 Å². The van der Waals surface area contributed by atoms with E-state index >= 15 is 0 Å². The molecule has 2 aliphatic heterocycles. The minimum atomic E-state index is -2.99. The molecule has 3 aromatic rings. The van der Waals surface area contributed by atoms with E-state index in [0.29, 0.717) is 5.65 Å². The fourth-order valence-corrected chi connectivity index (χ4v) is 4.69. The lowest BCUT2D eigenvalue weighted by Gasteiger charge is -2.26. The van der Waals surface area contributed by atoms with E-state index in [1.54, 1.807) is 4.52 Å². The molecule has 5 rings (SSSR count). The molecule has 0 radical (unpaired) electrons. The summed E-state index contributed by atoms with van der Waals surface area (Å²) in [6.45, 7) is 5.53. The molecule has 2 fully saturated rings. The van der Waals surface area contributed by atoms with E-state index in [2.05, 4.69) is 56.8 Å². The number of carbonyl (C=O) groups excluding carboxylic acids is 1. The normalized spacial score (nSPS) is 24.9. The molecule has 168 valence electrons. The molecule has 2 aliphatic rings. The molecular weight excluding hydrogens is 414 g/mol. The van der Waals surface area contributed by atoms with Gasteiger partial charge in [-0.05, 0) is 30.5 Å². The highest BCUT2D eigenvalue weighted by Crippen LogP contribution is 2.36. The molecule has 0 saturated carbocycles. The molecule has 2 N–H and O–H groups in total. The molecule has 0 bridgehead atoms. The van der Waals surface area contributed by atoms with Crippen LogP contribution in [0.4, 0.5) is 14.5 Å². The highest BCUT2D eigenvalue weighted by molar-refractivity contribution is 5.91. The first-order valence-electron chi connectivity index (χ1n) is 10.8.